The Kier molecular flexibility index (Phi) is 5.73. The lowest BCUT2D eigenvalue weighted by atomic mass is 9.46. The average Bonchev–Trinajstić information content (AvgIpc) is 2.99. The average molecular weight is 457 g/mol. The monoisotopic (exact) mass is 456 g/mol. The summed E-state index contributed by atoms with van der Waals surface area (Å²) in [7, 11) is 0. The Morgan fingerprint density at radius 1 is 1.09 bits per heavy atom. The maximum Gasteiger partial charge on any atom is 0.305 e. The van der Waals surface area contributed by atoms with Crippen molar-refractivity contribution in [2.75, 3.05) is 0 Å². The van der Waals surface area contributed by atoms with Crippen LogP contribution < -0.4 is 0 Å². The van der Waals surface area contributed by atoms with Gasteiger partial charge in [-0.2, -0.15) is 0 Å². The van der Waals surface area contributed by atoms with Gasteiger partial charge < -0.3 is 9.47 Å². The van der Waals surface area contributed by atoms with Gasteiger partial charge in [-0.1, -0.05) is 31.9 Å². The summed E-state index contributed by atoms with van der Waals surface area (Å²) in [6.45, 7) is 10.8. The predicted octanol–water partition coefficient (Wildman–Crippen LogP) is 4.71. The van der Waals surface area contributed by atoms with Gasteiger partial charge in [-0.25, -0.2) is 0 Å². The number of carbonyl (C=O) groups excluding carboxylic acids is 4. The zero-order chi connectivity index (χ0) is 24.3. The number of Topliss-reactive ketones (excluding diaryl/α,β-unsaturated/α-hetero) is 1. The van der Waals surface area contributed by atoms with Gasteiger partial charge in [0, 0.05) is 43.4 Å². The van der Waals surface area contributed by atoms with Gasteiger partial charge in [-0.3, -0.25) is 19.2 Å². The van der Waals surface area contributed by atoms with Crippen molar-refractivity contribution in [3.05, 3.63) is 23.3 Å². The molecule has 4 aliphatic rings. The van der Waals surface area contributed by atoms with Gasteiger partial charge in [0.05, 0.1) is 0 Å². The van der Waals surface area contributed by atoms with Gasteiger partial charge in [-0.05, 0) is 62.5 Å². The zero-order valence-electron chi connectivity index (χ0n) is 20.7. The number of ketones is 2. The first-order chi connectivity index (χ1) is 15.4. The molecule has 3 saturated carbocycles. The number of carbonyl (C=O) groups is 4. The standard InChI is InChI=1S/C27H36O6/c1-7-27(32-16(3)28,33-17(4)29)22-14-23(31)25(5)11-10-21-20(24(22)25)9-8-18-13-19(30)12-15(2)26(18,21)6/h12-13,20-22,24H,7-11,14H2,1-6H3/t20-,21+,22+,24-,25-,26+/m1/s1. The molecule has 0 spiro atoms. The predicted molar refractivity (Wildman–Crippen MR) is 122 cm³/mol. The van der Waals surface area contributed by atoms with Crippen LogP contribution >= 0.6 is 0 Å². The normalized spacial score (nSPS) is 37.9. The van der Waals surface area contributed by atoms with E-state index in [1.807, 2.05) is 19.9 Å². The number of allylic oxidation sites excluding steroid dienone is 4. The molecule has 0 aromatic rings. The van der Waals surface area contributed by atoms with Gasteiger partial charge >= 0.3 is 11.9 Å². The first-order valence-electron chi connectivity index (χ1n) is 12.2. The van der Waals surface area contributed by atoms with Crippen molar-refractivity contribution in [3.63, 3.8) is 0 Å². The van der Waals surface area contributed by atoms with Crippen LogP contribution in [0.25, 0.3) is 0 Å². The van der Waals surface area contributed by atoms with Gasteiger partial charge in [-0.15, -0.1) is 0 Å². The minimum Gasteiger partial charge on any atom is -0.422 e. The van der Waals surface area contributed by atoms with Gasteiger partial charge in [0.25, 0.3) is 5.79 Å². The number of ether oxygens (including phenoxy) is 2. The maximum absolute atomic E-state index is 13.5. The summed E-state index contributed by atoms with van der Waals surface area (Å²) in [5, 5.41) is 0. The number of rotatable bonds is 4. The third-order valence-corrected chi connectivity index (χ3v) is 9.51. The lowest BCUT2D eigenvalue weighted by Gasteiger charge is -2.58. The fourth-order valence-electron chi connectivity index (χ4n) is 7.94. The summed E-state index contributed by atoms with van der Waals surface area (Å²) in [6.07, 6.45) is 7.43. The van der Waals surface area contributed by atoms with Crippen LogP contribution in [0.4, 0.5) is 0 Å². The second-order valence-corrected chi connectivity index (χ2v) is 11.0. The molecule has 0 saturated heterocycles. The largest absolute Gasteiger partial charge is 0.422 e. The number of esters is 2. The summed E-state index contributed by atoms with van der Waals surface area (Å²) in [6, 6.07) is 0. The molecule has 0 N–H and O–H groups in total. The molecule has 180 valence electrons. The van der Waals surface area contributed by atoms with Crippen molar-refractivity contribution < 1.29 is 28.7 Å². The van der Waals surface area contributed by atoms with Crippen molar-refractivity contribution in [2.24, 2.45) is 34.5 Å². The molecular formula is C27H36O6. The summed E-state index contributed by atoms with van der Waals surface area (Å²) >= 11 is 0. The molecule has 0 heterocycles. The van der Waals surface area contributed by atoms with E-state index < -0.39 is 23.1 Å². The first-order valence-corrected chi connectivity index (χ1v) is 12.2. The zero-order valence-corrected chi connectivity index (χ0v) is 20.7. The van der Waals surface area contributed by atoms with Gasteiger partial charge in [0.2, 0.25) is 0 Å². The van der Waals surface area contributed by atoms with Crippen molar-refractivity contribution in [2.45, 2.75) is 85.9 Å². The quantitative estimate of drug-likeness (QED) is 0.450. The van der Waals surface area contributed by atoms with E-state index in [0.717, 1.165) is 31.3 Å². The van der Waals surface area contributed by atoms with E-state index in [-0.39, 0.29) is 47.1 Å². The number of hydrogen-bond donors (Lipinski definition) is 0. The third-order valence-electron chi connectivity index (χ3n) is 9.51. The summed E-state index contributed by atoms with van der Waals surface area (Å²) in [4.78, 5) is 50.0. The van der Waals surface area contributed by atoms with Crippen LogP contribution in [0.5, 0.6) is 0 Å². The van der Waals surface area contributed by atoms with E-state index in [1.54, 1.807) is 6.08 Å². The van der Waals surface area contributed by atoms with E-state index in [9.17, 15) is 19.2 Å². The highest BCUT2D eigenvalue weighted by molar-refractivity contribution is 6.02. The van der Waals surface area contributed by atoms with Crippen molar-refractivity contribution in [1.82, 2.24) is 0 Å². The highest BCUT2D eigenvalue weighted by Crippen LogP contribution is 2.67. The number of fused-ring (bicyclic) bond motifs is 5. The Balaban J connectivity index is 1.81. The molecule has 6 atom stereocenters. The highest BCUT2D eigenvalue weighted by atomic mass is 16.7. The summed E-state index contributed by atoms with van der Waals surface area (Å²) in [5.74, 6) is -2.21. The smallest absolute Gasteiger partial charge is 0.305 e. The highest BCUT2D eigenvalue weighted by Gasteiger charge is 2.67. The maximum atomic E-state index is 13.5. The van der Waals surface area contributed by atoms with Gasteiger partial charge in [0.15, 0.2) is 5.78 Å². The van der Waals surface area contributed by atoms with Crippen molar-refractivity contribution >= 4 is 23.5 Å². The molecular weight excluding hydrogens is 420 g/mol. The van der Waals surface area contributed by atoms with Crippen LogP contribution in [-0.2, 0) is 28.7 Å². The van der Waals surface area contributed by atoms with E-state index in [1.165, 1.54) is 19.4 Å². The molecule has 3 fully saturated rings. The fraction of sp³-hybridized carbons (Fsp3) is 0.704. The Hall–Kier alpha value is -2.24. The SMILES string of the molecule is CCC(OC(C)=O)(OC(C)=O)[C@H]1CC(=O)[C@@]2(C)CC[C@H]3[C@@H](CCC4=CC(=O)C=C(C)[C@@]43C)[C@H]12. The fourth-order valence-corrected chi connectivity index (χ4v) is 7.94. The molecule has 33 heavy (non-hydrogen) atoms. The second kappa shape index (κ2) is 7.92. The van der Waals surface area contributed by atoms with Crippen molar-refractivity contribution in [3.8, 4) is 0 Å². The van der Waals surface area contributed by atoms with Crippen LogP contribution in [-0.4, -0.2) is 29.3 Å². The molecule has 0 bridgehead atoms. The Morgan fingerprint density at radius 2 is 1.73 bits per heavy atom. The van der Waals surface area contributed by atoms with E-state index >= 15 is 0 Å². The first kappa shape index (κ1) is 23.9. The summed E-state index contributed by atoms with van der Waals surface area (Å²) in [5.41, 5.74) is 1.53. The lowest BCUT2D eigenvalue weighted by molar-refractivity contribution is -0.259. The molecule has 4 aliphatic carbocycles. The molecule has 6 heteroatoms. The Morgan fingerprint density at radius 3 is 2.30 bits per heavy atom. The Bertz CT molecular complexity index is 957. The molecule has 0 amide bonds. The minimum atomic E-state index is -1.44. The minimum absolute atomic E-state index is 0.0581. The van der Waals surface area contributed by atoms with E-state index in [0.29, 0.717) is 6.42 Å². The number of hydrogen-bond acceptors (Lipinski definition) is 6. The second-order valence-electron chi connectivity index (χ2n) is 11.0. The molecule has 6 nitrogen and oxygen atoms in total. The van der Waals surface area contributed by atoms with E-state index in [4.69, 9.17) is 9.47 Å². The van der Waals surface area contributed by atoms with Gasteiger partial charge in [0.1, 0.15) is 5.78 Å². The van der Waals surface area contributed by atoms with Crippen LogP contribution in [0.2, 0.25) is 0 Å². The molecule has 0 aromatic heterocycles. The van der Waals surface area contributed by atoms with Crippen LogP contribution in [0.1, 0.15) is 80.1 Å². The molecule has 0 aliphatic heterocycles. The van der Waals surface area contributed by atoms with Crippen LogP contribution in [0.3, 0.4) is 0 Å². The third kappa shape index (κ3) is 3.43. The molecule has 0 radical (unpaired) electrons. The van der Waals surface area contributed by atoms with Crippen molar-refractivity contribution in [1.29, 1.82) is 0 Å². The summed E-state index contributed by atoms with van der Waals surface area (Å²) < 4.78 is 11.5. The van der Waals surface area contributed by atoms with E-state index in [2.05, 4.69) is 13.8 Å². The Labute approximate surface area is 196 Å². The molecule has 4 rings (SSSR count). The molecule has 0 unspecified atom stereocenters. The van der Waals surface area contributed by atoms with Crippen LogP contribution in [0.15, 0.2) is 23.3 Å². The lowest BCUT2D eigenvalue weighted by Crippen LogP contribution is -2.56. The molecule has 0 aromatic carbocycles. The van der Waals surface area contributed by atoms with Crippen LogP contribution in [0, 0.1) is 34.5 Å². The topological polar surface area (TPSA) is 86.7 Å².